The first-order chi connectivity index (χ1) is 6.93. The zero-order valence-corrected chi connectivity index (χ0v) is 10.6. The summed E-state index contributed by atoms with van der Waals surface area (Å²) >= 11 is 5.40. The molecule has 0 amide bonds. The van der Waals surface area contributed by atoms with Crippen molar-refractivity contribution in [3.05, 3.63) is 0 Å². The molecule has 0 heterocycles. The molecule has 0 bridgehead atoms. The van der Waals surface area contributed by atoms with Gasteiger partial charge in [0.25, 0.3) is 0 Å². The van der Waals surface area contributed by atoms with Crippen molar-refractivity contribution in [2.24, 2.45) is 11.3 Å². The molecule has 1 rings (SSSR count). The van der Waals surface area contributed by atoms with E-state index in [1.807, 2.05) is 0 Å². The summed E-state index contributed by atoms with van der Waals surface area (Å²) in [6.45, 7) is 6.84. The number of rotatable bonds is 2. The highest BCUT2D eigenvalue weighted by atomic mass is 35.5. The van der Waals surface area contributed by atoms with Gasteiger partial charge in [0.15, 0.2) is 0 Å². The summed E-state index contributed by atoms with van der Waals surface area (Å²) in [5, 5.41) is 0. The van der Waals surface area contributed by atoms with Crippen LogP contribution in [0, 0.1) is 11.3 Å². The van der Waals surface area contributed by atoms with Crippen LogP contribution in [-0.4, -0.2) is 18.0 Å². The molecular weight excluding hydrogens is 212 g/mol. The lowest BCUT2D eigenvalue weighted by molar-refractivity contribution is -0.148. The van der Waals surface area contributed by atoms with Crippen LogP contribution in [0.25, 0.3) is 0 Å². The zero-order valence-electron chi connectivity index (χ0n) is 9.88. The predicted octanol–water partition coefficient (Wildman–Crippen LogP) is 3.37. The van der Waals surface area contributed by atoms with Crippen LogP contribution in [0.15, 0.2) is 0 Å². The summed E-state index contributed by atoms with van der Waals surface area (Å²) in [4.78, 5) is 11.0. The average molecular weight is 233 g/mol. The normalized spacial score (nSPS) is 27.5. The molecule has 2 nitrogen and oxygen atoms in total. The summed E-state index contributed by atoms with van der Waals surface area (Å²) in [5.74, 6) is 0.443. The highest BCUT2D eigenvalue weighted by molar-refractivity contribution is 6.26. The molecule has 3 heteroatoms. The van der Waals surface area contributed by atoms with Crippen molar-refractivity contribution < 1.29 is 9.53 Å². The molecule has 0 saturated heterocycles. The standard InChI is InChI=1S/C12H21ClO2/c1-12(2,3)9-4-6-10(7-5-9)15-11(14)8-13/h9-10H,4-8H2,1-3H3. The number of halogens is 1. The van der Waals surface area contributed by atoms with Crippen molar-refractivity contribution in [2.45, 2.75) is 52.6 Å². The minimum atomic E-state index is -0.282. The molecule has 1 fully saturated rings. The number of hydrogen-bond acceptors (Lipinski definition) is 2. The molecule has 0 N–H and O–H groups in total. The average Bonchev–Trinajstić information content (AvgIpc) is 2.17. The van der Waals surface area contributed by atoms with Gasteiger partial charge in [-0.05, 0) is 37.0 Å². The maximum absolute atomic E-state index is 11.0. The molecule has 0 aromatic rings. The van der Waals surface area contributed by atoms with Crippen molar-refractivity contribution in [3.63, 3.8) is 0 Å². The van der Waals surface area contributed by atoms with Gasteiger partial charge < -0.3 is 4.74 Å². The Hall–Kier alpha value is -0.240. The van der Waals surface area contributed by atoms with E-state index in [2.05, 4.69) is 20.8 Å². The summed E-state index contributed by atoms with van der Waals surface area (Å²) in [7, 11) is 0. The molecule has 1 aliphatic carbocycles. The Balaban J connectivity index is 2.33. The molecule has 0 aliphatic heterocycles. The smallest absolute Gasteiger partial charge is 0.321 e. The van der Waals surface area contributed by atoms with E-state index in [1.165, 1.54) is 0 Å². The fourth-order valence-electron chi connectivity index (χ4n) is 2.26. The van der Waals surface area contributed by atoms with Crippen LogP contribution in [-0.2, 0) is 9.53 Å². The molecule has 15 heavy (non-hydrogen) atoms. The molecule has 0 unspecified atom stereocenters. The lowest BCUT2D eigenvalue weighted by atomic mass is 9.72. The van der Waals surface area contributed by atoms with Gasteiger partial charge in [-0.25, -0.2) is 0 Å². The van der Waals surface area contributed by atoms with Crippen LogP contribution in [0.3, 0.4) is 0 Å². The molecule has 0 radical (unpaired) electrons. The lowest BCUT2D eigenvalue weighted by Crippen LogP contribution is -2.30. The minimum Gasteiger partial charge on any atom is -0.461 e. The van der Waals surface area contributed by atoms with E-state index < -0.39 is 0 Å². The van der Waals surface area contributed by atoms with Crippen LogP contribution in [0.2, 0.25) is 0 Å². The Morgan fingerprint density at radius 1 is 1.27 bits per heavy atom. The van der Waals surface area contributed by atoms with E-state index in [0.29, 0.717) is 5.41 Å². The second kappa shape index (κ2) is 5.20. The Kier molecular flexibility index (Phi) is 4.45. The maximum Gasteiger partial charge on any atom is 0.321 e. The Morgan fingerprint density at radius 2 is 1.80 bits per heavy atom. The van der Waals surface area contributed by atoms with Crippen LogP contribution in [0.5, 0.6) is 0 Å². The van der Waals surface area contributed by atoms with Crippen molar-refractivity contribution in [2.75, 3.05) is 5.88 Å². The lowest BCUT2D eigenvalue weighted by Gasteiger charge is -2.36. The van der Waals surface area contributed by atoms with Crippen molar-refractivity contribution in [1.82, 2.24) is 0 Å². The highest BCUT2D eigenvalue weighted by Gasteiger charge is 2.30. The van der Waals surface area contributed by atoms with Gasteiger partial charge in [0.1, 0.15) is 12.0 Å². The van der Waals surface area contributed by atoms with Crippen LogP contribution in [0.1, 0.15) is 46.5 Å². The second-order valence-electron chi connectivity index (χ2n) is 5.46. The molecule has 0 spiro atoms. The van der Waals surface area contributed by atoms with E-state index >= 15 is 0 Å². The first-order valence-electron chi connectivity index (χ1n) is 5.69. The third-order valence-electron chi connectivity index (χ3n) is 3.31. The first-order valence-corrected chi connectivity index (χ1v) is 6.22. The van der Waals surface area contributed by atoms with Crippen LogP contribution >= 0.6 is 11.6 Å². The van der Waals surface area contributed by atoms with Crippen LogP contribution < -0.4 is 0 Å². The number of ether oxygens (including phenoxy) is 1. The summed E-state index contributed by atoms with van der Waals surface area (Å²) in [6.07, 6.45) is 4.40. The number of hydrogen-bond donors (Lipinski definition) is 0. The van der Waals surface area contributed by atoms with Gasteiger partial charge in [-0.2, -0.15) is 0 Å². The Bertz CT molecular complexity index is 212. The van der Waals surface area contributed by atoms with Crippen molar-refractivity contribution >= 4 is 17.6 Å². The van der Waals surface area contributed by atoms with Gasteiger partial charge in [0.2, 0.25) is 0 Å². The van der Waals surface area contributed by atoms with Gasteiger partial charge in [0.05, 0.1) is 0 Å². The van der Waals surface area contributed by atoms with Crippen LogP contribution in [0.4, 0.5) is 0 Å². The van der Waals surface area contributed by atoms with Crippen molar-refractivity contribution in [1.29, 1.82) is 0 Å². The fourth-order valence-corrected chi connectivity index (χ4v) is 2.33. The monoisotopic (exact) mass is 232 g/mol. The van der Waals surface area contributed by atoms with Crippen molar-refractivity contribution in [3.8, 4) is 0 Å². The van der Waals surface area contributed by atoms with E-state index in [-0.39, 0.29) is 18.0 Å². The number of esters is 1. The van der Waals surface area contributed by atoms with E-state index in [1.54, 1.807) is 0 Å². The molecule has 0 aromatic heterocycles. The van der Waals surface area contributed by atoms with Gasteiger partial charge in [-0.15, -0.1) is 11.6 Å². The molecule has 88 valence electrons. The number of carbonyl (C=O) groups is 1. The molecular formula is C12H21ClO2. The minimum absolute atomic E-state index is 0.0286. The third kappa shape index (κ3) is 4.02. The second-order valence-corrected chi connectivity index (χ2v) is 5.73. The number of carbonyl (C=O) groups excluding carboxylic acids is 1. The maximum atomic E-state index is 11.0. The zero-order chi connectivity index (χ0) is 11.5. The Morgan fingerprint density at radius 3 is 2.20 bits per heavy atom. The Labute approximate surface area is 97.3 Å². The summed E-state index contributed by atoms with van der Waals surface area (Å²) < 4.78 is 5.23. The molecule has 0 atom stereocenters. The van der Waals surface area contributed by atoms with E-state index in [4.69, 9.17) is 16.3 Å². The number of alkyl halides is 1. The first kappa shape index (κ1) is 12.8. The highest BCUT2D eigenvalue weighted by Crippen LogP contribution is 2.38. The third-order valence-corrected chi connectivity index (χ3v) is 3.52. The molecule has 1 saturated carbocycles. The summed E-state index contributed by atoms with van der Waals surface area (Å²) in [5.41, 5.74) is 0.376. The predicted molar refractivity (Wildman–Crippen MR) is 62.0 cm³/mol. The van der Waals surface area contributed by atoms with Gasteiger partial charge in [-0.3, -0.25) is 4.79 Å². The quantitative estimate of drug-likeness (QED) is 0.539. The fraction of sp³-hybridized carbons (Fsp3) is 0.917. The molecule has 1 aliphatic rings. The SMILES string of the molecule is CC(C)(C)C1CCC(OC(=O)CCl)CC1. The summed E-state index contributed by atoms with van der Waals surface area (Å²) in [6, 6.07) is 0. The topological polar surface area (TPSA) is 26.3 Å². The molecule has 0 aromatic carbocycles. The van der Waals surface area contributed by atoms with E-state index in [0.717, 1.165) is 31.6 Å². The van der Waals surface area contributed by atoms with Gasteiger partial charge in [-0.1, -0.05) is 20.8 Å². The van der Waals surface area contributed by atoms with Gasteiger partial charge in [0, 0.05) is 0 Å². The van der Waals surface area contributed by atoms with E-state index in [9.17, 15) is 4.79 Å². The van der Waals surface area contributed by atoms with Gasteiger partial charge >= 0.3 is 5.97 Å². The largest absolute Gasteiger partial charge is 0.461 e.